The number of methoxy groups -OCH3 is 1. The van der Waals surface area contributed by atoms with Gasteiger partial charge in [-0.2, -0.15) is 0 Å². The highest BCUT2D eigenvalue weighted by atomic mass is 127. The fourth-order valence-electron chi connectivity index (χ4n) is 1.80. The molecule has 2 N–H and O–H groups in total. The second kappa shape index (κ2) is 3.46. The zero-order chi connectivity index (χ0) is 9.42. The van der Waals surface area contributed by atoms with E-state index in [-0.39, 0.29) is 6.04 Å². The van der Waals surface area contributed by atoms with Gasteiger partial charge in [0.05, 0.1) is 7.11 Å². The summed E-state index contributed by atoms with van der Waals surface area (Å²) in [5, 5.41) is 0. The third-order valence-corrected chi connectivity index (χ3v) is 3.51. The molecule has 0 heterocycles. The highest BCUT2D eigenvalue weighted by Crippen LogP contribution is 2.35. The molecule has 0 aromatic heterocycles. The van der Waals surface area contributed by atoms with Crippen LogP contribution in [0.15, 0.2) is 12.1 Å². The second-order valence-corrected chi connectivity index (χ2v) is 4.48. The van der Waals surface area contributed by atoms with Crippen molar-refractivity contribution in [3.63, 3.8) is 0 Å². The summed E-state index contributed by atoms with van der Waals surface area (Å²) in [6.07, 6.45) is 2.18. The molecule has 1 aliphatic carbocycles. The fourth-order valence-corrected chi connectivity index (χ4v) is 2.69. The highest BCUT2D eigenvalue weighted by molar-refractivity contribution is 14.1. The maximum Gasteiger partial charge on any atom is 0.120 e. The van der Waals surface area contributed by atoms with Crippen molar-refractivity contribution in [3.8, 4) is 5.75 Å². The van der Waals surface area contributed by atoms with Crippen LogP contribution in [0, 0.1) is 3.57 Å². The van der Waals surface area contributed by atoms with Gasteiger partial charge in [0.2, 0.25) is 0 Å². The minimum absolute atomic E-state index is 0.207. The van der Waals surface area contributed by atoms with Gasteiger partial charge in [-0.05, 0) is 58.7 Å². The Morgan fingerprint density at radius 2 is 2.31 bits per heavy atom. The van der Waals surface area contributed by atoms with E-state index in [1.165, 1.54) is 14.7 Å². The van der Waals surface area contributed by atoms with Gasteiger partial charge in [0.25, 0.3) is 0 Å². The summed E-state index contributed by atoms with van der Waals surface area (Å²) < 4.78 is 6.49. The van der Waals surface area contributed by atoms with Crippen LogP contribution in [0.3, 0.4) is 0 Å². The van der Waals surface area contributed by atoms with Crippen molar-refractivity contribution in [2.75, 3.05) is 7.11 Å². The van der Waals surface area contributed by atoms with E-state index in [0.717, 1.165) is 18.6 Å². The summed E-state index contributed by atoms with van der Waals surface area (Å²) in [4.78, 5) is 0. The molecule has 1 aromatic carbocycles. The second-order valence-electron chi connectivity index (χ2n) is 3.32. The number of benzene rings is 1. The molecule has 0 bridgehead atoms. The van der Waals surface area contributed by atoms with Gasteiger partial charge in [0.1, 0.15) is 5.75 Å². The van der Waals surface area contributed by atoms with E-state index in [0.29, 0.717) is 0 Å². The standard InChI is InChI=1S/C10H12INO/c1-13-6-4-8-7(9(11)5-6)2-3-10(8)12/h4-5,10H,2-3,12H2,1H3/t10-/m1/s1. The van der Waals surface area contributed by atoms with Crippen LogP contribution in [0.2, 0.25) is 0 Å². The molecule has 70 valence electrons. The summed E-state index contributed by atoms with van der Waals surface area (Å²) in [7, 11) is 1.69. The van der Waals surface area contributed by atoms with E-state index in [9.17, 15) is 0 Å². The molecule has 3 heteroatoms. The van der Waals surface area contributed by atoms with Crippen LogP contribution in [0.4, 0.5) is 0 Å². The smallest absolute Gasteiger partial charge is 0.120 e. The third kappa shape index (κ3) is 1.55. The third-order valence-electron chi connectivity index (χ3n) is 2.54. The van der Waals surface area contributed by atoms with E-state index in [1.807, 2.05) is 0 Å². The molecule has 0 unspecified atom stereocenters. The average Bonchev–Trinajstić information content (AvgIpc) is 2.48. The number of ether oxygens (including phenoxy) is 1. The number of fused-ring (bicyclic) bond motifs is 1. The zero-order valence-corrected chi connectivity index (χ0v) is 9.67. The van der Waals surface area contributed by atoms with Gasteiger partial charge >= 0.3 is 0 Å². The van der Waals surface area contributed by atoms with Crippen LogP contribution in [0.25, 0.3) is 0 Å². The molecule has 1 aliphatic rings. The van der Waals surface area contributed by atoms with Crippen molar-refractivity contribution < 1.29 is 4.74 Å². The van der Waals surface area contributed by atoms with Gasteiger partial charge in [0, 0.05) is 9.61 Å². The Hall–Kier alpha value is -0.290. The molecule has 0 aliphatic heterocycles. The van der Waals surface area contributed by atoms with E-state index in [1.54, 1.807) is 7.11 Å². The van der Waals surface area contributed by atoms with Gasteiger partial charge in [-0.1, -0.05) is 0 Å². The van der Waals surface area contributed by atoms with Gasteiger partial charge in [-0.25, -0.2) is 0 Å². The molecule has 0 saturated carbocycles. The fraction of sp³-hybridized carbons (Fsp3) is 0.400. The average molecular weight is 289 g/mol. The largest absolute Gasteiger partial charge is 0.497 e. The van der Waals surface area contributed by atoms with Crippen molar-refractivity contribution in [2.24, 2.45) is 5.73 Å². The first-order valence-corrected chi connectivity index (χ1v) is 5.42. The van der Waals surface area contributed by atoms with Crippen LogP contribution in [0.5, 0.6) is 5.75 Å². The predicted octanol–water partition coefficient (Wildman–Crippen LogP) is 2.25. The number of nitrogens with two attached hydrogens (primary N) is 1. The Kier molecular flexibility index (Phi) is 2.47. The SMILES string of the molecule is COc1cc(I)c2c(c1)[C@H](N)CC2. The Bertz CT molecular complexity index is 338. The molecule has 0 fully saturated rings. The zero-order valence-electron chi connectivity index (χ0n) is 7.51. The van der Waals surface area contributed by atoms with Crippen molar-refractivity contribution in [2.45, 2.75) is 18.9 Å². The molecular formula is C10H12INO. The van der Waals surface area contributed by atoms with Gasteiger partial charge in [-0.3, -0.25) is 0 Å². The molecule has 0 spiro atoms. The Morgan fingerprint density at radius 1 is 1.54 bits per heavy atom. The lowest BCUT2D eigenvalue weighted by Crippen LogP contribution is -2.05. The summed E-state index contributed by atoms with van der Waals surface area (Å²) in [6, 6.07) is 4.34. The molecule has 13 heavy (non-hydrogen) atoms. The van der Waals surface area contributed by atoms with E-state index in [2.05, 4.69) is 34.7 Å². The summed E-state index contributed by atoms with van der Waals surface area (Å²) in [6.45, 7) is 0. The first-order chi connectivity index (χ1) is 6.22. The maximum absolute atomic E-state index is 5.98. The molecule has 0 saturated heterocycles. The van der Waals surface area contributed by atoms with Crippen LogP contribution >= 0.6 is 22.6 Å². The normalized spacial score (nSPS) is 20.1. The topological polar surface area (TPSA) is 35.2 Å². The minimum Gasteiger partial charge on any atom is -0.497 e. The lowest BCUT2D eigenvalue weighted by Gasteiger charge is -2.08. The highest BCUT2D eigenvalue weighted by Gasteiger charge is 2.21. The van der Waals surface area contributed by atoms with Gasteiger partial charge < -0.3 is 10.5 Å². The molecule has 0 radical (unpaired) electrons. The predicted molar refractivity (Wildman–Crippen MR) is 61.0 cm³/mol. The molecular weight excluding hydrogens is 277 g/mol. The van der Waals surface area contributed by atoms with Crippen LogP contribution in [-0.4, -0.2) is 7.11 Å². The molecule has 2 nitrogen and oxygen atoms in total. The monoisotopic (exact) mass is 289 g/mol. The Labute approximate surface area is 91.6 Å². The van der Waals surface area contributed by atoms with Gasteiger partial charge in [-0.15, -0.1) is 0 Å². The Balaban J connectivity index is 2.53. The molecule has 0 amide bonds. The summed E-state index contributed by atoms with van der Waals surface area (Å²) in [5.41, 5.74) is 8.66. The molecule has 1 atom stereocenters. The number of rotatable bonds is 1. The Morgan fingerprint density at radius 3 is 3.00 bits per heavy atom. The van der Waals surface area contributed by atoms with E-state index < -0.39 is 0 Å². The van der Waals surface area contributed by atoms with E-state index >= 15 is 0 Å². The van der Waals surface area contributed by atoms with Crippen molar-refractivity contribution in [3.05, 3.63) is 26.8 Å². The molecule has 1 aromatic rings. The van der Waals surface area contributed by atoms with Gasteiger partial charge in [0.15, 0.2) is 0 Å². The molecule has 2 rings (SSSR count). The minimum atomic E-state index is 0.207. The quantitative estimate of drug-likeness (QED) is 0.805. The first-order valence-electron chi connectivity index (χ1n) is 4.34. The lowest BCUT2D eigenvalue weighted by molar-refractivity contribution is 0.413. The summed E-state index contributed by atoms with van der Waals surface area (Å²) >= 11 is 2.35. The number of hydrogen-bond donors (Lipinski definition) is 1. The van der Waals surface area contributed by atoms with Crippen LogP contribution in [-0.2, 0) is 6.42 Å². The van der Waals surface area contributed by atoms with E-state index in [4.69, 9.17) is 10.5 Å². The van der Waals surface area contributed by atoms with Crippen LogP contribution in [0.1, 0.15) is 23.6 Å². The van der Waals surface area contributed by atoms with Crippen molar-refractivity contribution in [1.82, 2.24) is 0 Å². The number of halogens is 1. The number of hydrogen-bond acceptors (Lipinski definition) is 2. The summed E-state index contributed by atoms with van der Waals surface area (Å²) in [5.74, 6) is 0.917. The first kappa shape index (κ1) is 9.27. The van der Waals surface area contributed by atoms with Crippen molar-refractivity contribution >= 4 is 22.6 Å². The van der Waals surface area contributed by atoms with Crippen molar-refractivity contribution in [1.29, 1.82) is 0 Å². The maximum atomic E-state index is 5.98. The van der Waals surface area contributed by atoms with Crippen LogP contribution < -0.4 is 10.5 Å². The lowest BCUT2D eigenvalue weighted by atomic mass is 10.1.